The van der Waals surface area contributed by atoms with Crippen molar-refractivity contribution >= 4 is 11.6 Å². The van der Waals surface area contributed by atoms with E-state index < -0.39 is 6.04 Å². The predicted molar refractivity (Wildman–Crippen MR) is 102 cm³/mol. The summed E-state index contributed by atoms with van der Waals surface area (Å²) in [6.07, 6.45) is 3.56. The number of benzene rings is 2. The standard InChI is InChI=1S/C22H18FN3O/c1-15-8-10-16(11-9-15)20-13-21(18-6-2-3-7-19(18)23)26(25-20)22(27)17-5-4-12-24-14-17/h2-12,14,21H,13H2,1H3/t21-/m0/s1. The van der Waals surface area contributed by atoms with Gasteiger partial charge in [-0.25, -0.2) is 9.40 Å². The van der Waals surface area contributed by atoms with Crippen molar-refractivity contribution in [3.05, 3.63) is 101 Å². The zero-order chi connectivity index (χ0) is 18.8. The van der Waals surface area contributed by atoms with E-state index in [4.69, 9.17) is 0 Å². The summed E-state index contributed by atoms with van der Waals surface area (Å²) >= 11 is 0. The molecule has 0 radical (unpaired) electrons. The summed E-state index contributed by atoms with van der Waals surface area (Å²) in [7, 11) is 0. The first kappa shape index (κ1) is 17.1. The Labute approximate surface area is 157 Å². The third-order valence-corrected chi connectivity index (χ3v) is 4.68. The number of aryl methyl sites for hydroxylation is 1. The van der Waals surface area contributed by atoms with Gasteiger partial charge in [0.05, 0.1) is 17.3 Å². The summed E-state index contributed by atoms with van der Waals surface area (Å²) in [5, 5.41) is 5.95. The van der Waals surface area contributed by atoms with Crippen molar-refractivity contribution in [2.75, 3.05) is 0 Å². The van der Waals surface area contributed by atoms with Gasteiger partial charge in [-0.2, -0.15) is 5.10 Å². The van der Waals surface area contributed by atoms with Crippen LogP contribution in [-0.4, -0.2) is 21.6 Å². The van der Waals surface area contributed by atoms with E-state index in [0.29, 0.717) is 17.5 Å². The average Bonchev–Trinajstić information content (AvgIpc) is 3.14. The summed E-state index contributed by atoms with van der Waals surface area (Å²) in [4.78, 5) is 17.0. The molecule has 0 fully saturated rings. The Morgan fingerprint density at radius 3 is 2.56 bits per heavy atom. The number of nitrogens with zero attached hydrogens (tertiary/aromatic N) is 3. The summed E-state index contributed by atoms with van der Waals surface area (Å²) in [5.41, 5.74) is 3.73. The van der Waals surface area contributed by atoms with Crippen molar-refractivity contribution in [1.82, 2.24) is 9.99 Å². The molecule has 0 unspecified atom stereocenters. The molecule has 0 N–H and O–H groups in total. The first-order chi connectivity index (χ1) is 13.1. The van der Waals surface area contributed by atoms with Crippen molar-refractivity contribution in [3.8, 4) is 0 Å². The summed E-state index contributed by atoms with van der Waals surface area (Å²) in [5.74, 6) is -0.634. The molecule has 0 bridgehead atoms. The van der Waals surface area contributed by atoms with Gasteiger partial charge in [0.25, 0.3) is 5.91 Å². The maximum Gasteiger partial charge on any atom is 0.276 e. The number of hydrazone groups is 1. The first-order valence-electron chi connectivity index (χ1n) is 8.76. The molecule has 4 nitrogen and oxygen atoms in total. The number of carbonyl (C=O) groups excluding carboxylic acids is 1. The molecule has 134 valence electrons. The highest BCUT2D eigenvalue weighted by Gasteiger charge is 2.35. The van der Waals surface area contributed by atoms with E-state index in [1.54, 1.807) is 36.5 Å². The Morgan fingerprint density at radius 2 is 1.85 bits per heavy atom. The molecule has 1 amide bonds. The molecule has 0 aliphatic carbocycles. The number of hydrogen-bond donors (Lipinski definition) is 0. The maximum absolute atomic E-state index is 14.5. The molecule has 4 rings (SSSR count). The van der Waals surface area contributed by atoms with Crippen LogP contribution in [0.2, 0.25) is 0 Å². The molecular formula is C22H18FN3O. The Morgan fingerprint density at radius 1 is 1.07 bits per heavy atom. The van der Waals surface area contributed by atoms with Gasteiger partial charge in [-0.15, -0.1) is 0 Å². The minimum atomic E-state index is -0.491. The number of rotatable bonds is 3. The predicted octanol–water partition coefficient (Wildman–Crippen LogP) is 4.52. The van der Waals surface area contributed by atoms with E-state index in [1.165, 1.54) is 17.3 Å². The van der Waals surface area contributed by atoms with E-state index in [9.17, 15) is 9.18 Å². The van der Waals surface area contributed by atoms with Gasteiger partial charge in [-0.05, 0) is 30.7 Å². The molecule has 1 aliphatic heterocycles. The van der Waals surface area contributed by atoms with E-state index in [-0.39, 0.29) is 11.7 Å². The van der Waals surface area contributed by atoms with Crippen LogP contribution in [0.1, 0.15) is 39.5 Å². The normalized spacial score (nSPS) is 16.3. The molecule has 27 heavy (non-hydrogen) atoms. The fraction of sp³-hybridized carbons (Fsp3) is 0.136. The van der Waals surface area contributed by atoms with Crippen LogP contribution in [0.4, 0.5) is 4.39 Å². The number of aromatic nitrogens is 1. The molecule has 2 aromatic carbocycles. The number of hydrogen-bond acceptors (Lipinski definition) is 3. The summed E-state index contributed by atoms with van der Waals surface area (Å²) in [6, 6.07) is 17.4. The third kappa shape index (κ3) is 3.36. The highest BCUT2D eigenvalue weighted by molar-refractivity contribution is 6.05. The van der Waals surface area contributed by atoms with Gasteiger partial charge in [-0.1, -0.05) is 48.0 Å². The van der Waals surface area contributed by atoms with Crippen molar-refractivity contribution in [1.29, 1.82) is 0 Å². The topological polar surface area (TPSA) is 45.6 Å². The number of halogens is 1. The van der Waals surface area contributed by atoms with Crippen molar-refractivity contribution in [2.24, 2.45) is 5.10 Å². The SMILES string of the molecule is Cc1ccc(C2=NN(C(=O)c3cccnc3)[C@H](c3ccccc3F)C2)cc1. The molecule has 2 heterocycles. The summed E-state index contributed by atoms with van der Waals surface area (Å²) in [6.45, 7) is 2.01. The zero-order valence-corrected chi connectivity index (χ0v) is 14.8. The van der Waals surface area contributed by atoms with Crippen LogP contribution in [0.15, 0.2) is 78.2 Å². The average molecular weight is 359 g/mol. The van der Waals surface area contributed by atoms with Gasteiger partial charge in [-0.3, -0.25) is 9.78 Å². The Kier molecular flexibility index (Phi) is 4.50. The van der Waals surface area contributed by atoms with Gasteiger partial charge in [0, 0.05) is 24.4 Å². The van der Waals surface area contributed by atoms with Crippen LogP contribution in [0, 0.1) is 12.7 Å². The number of amides is 1. The van der Waals surface area contributed by atoms with E-state index in [1.807, 2.05) is 31.2 Å². The Hall–Kier alpha value is -3.34. The van der Waals surface area contributed by atoms with Gasteiger partial charge >= 0.3 is 0 Å². The van der Waals surface area contributed by atoms with Crippen molar-refractivity contribution in [3.63, 3.8) is 0 Å². The van der Waals surface area contributed by atoms with Crippen LogP contribution in [0.25, 0.3) is 0 Å². The lowest BCUT2D eigenvalue weighted by Crippen LogP contribution is -2.27. The van der Waals surface area contributed by atoms with E-state index in [0.717, 1.165) is 16.8 Å². The Balaban J connectivity index is 1.75. The van der Waals surface area contributed by atoms with Gasteiger partial charge in [0.15, 0.2) is 0 Å². The van der Waals surface area contributed by atoms with Crippen LogP contribution in [-0.2, 0) is 0 Å². The third-order valence-electron chi connectivity index (χ3n) is 4.68. The molecule has 0 spiro atoms. The lowest BCUT2D eigenvalue weighted by molar-refractivity contribution is 0.0708. The van der Waals surface area contributed by atoms with Crippen molar-refractivity contribution < 1.29 is 9.18 Å². The molecule has 5 heteroatoms. The number of carbonyl (C=O) groups is 1. The largest absolute Gasteiger partial charge is 0.276 e. The quantitative estimate of drug-likeness (QED) is 0.690. The Bertz CT molecular complexity index is 1000. The minimum Gasteiger partial charge on any atom is -0.267 e. The maximum atomic E-state index is 14.5. The number of pyridine rings is 1. The molecule has 0 saturated carbocycles. The minimum absolute atomic E-state index is 0.293. The van der Waals surface area contributed by atoms with Crippen LogP contribution < -0.4 is 0 Å². The van der Waals surface area contributed by atoms with E-state index in [2.05, 4.69) is 10.1 Å². The molecule has 3 aromatic rings. The second-order valence-corrected chi connectivity index (χ2v) is 6.55. The highest BCUT2D eigenvalue weighted by Crippen LogP contribution is 2.35. The highest BCUT2D eigenvalue weighted by atomic mass is 19.1. The molecule has 1 aromatic heterocycles. The smallest absolute Gasteiger partial charge is 0.267 e. The van der Waals surface area contributed by atoms with E-state index >= 15 is 0 Å². The molecule has 1 aliphatic rings. The second kappa shape index (κ2) is 7.11. The van der Waals surface area contributed by atoms with Crippen LogP contribution in [0.5, 0.6) is 0 Å². The molecule has 1 atom stereocenters. The summed E-state index contributed by atoms with van der Waals surface area (Å²) < 4.78 is 14.5. The second-order valence-electron chi connectivity index (χ2n) is 6.55. The molecule has 0 saturated heterocycles. The fourth-order valence-electron chi connectivity index (χ4n) is 3.23. The lowest BCUT2D eigenvalue weighted by atomic mass is 9.97. The van der Waals surface area contributed by atoms with Gasteiger partial charge < -0.3 is 0 Å². The lowest BCUT2D eigenvalue weighted by Gasteiger charge is -2.22. The first-order valence-corrected chi connectivity index (χ1v) is 8.76. The molecular weight excluding hydrogens is 341 g/mol. The van der Waals surface area contributed by atoms with Gasteiger partial charge in [0.1, 0.15) is 5.82 Å². The van der Waals surface area contributed by atoms with Crippen LogP contribution >= 0.6 is 0 Å². The zero-order valence-electron chi connectivity index (χ0n) is 14.8. The monoisotopic (exact) mass is 359 g/mol. The van der Waals surface area contributed by atoms with Crippen LogP contribution in [0.3, 0.4) is 0 Å². The fourth-order valence-corrected chi connectivity index (χ4v) is 3.23. The van der Waals surface area contributed by atoms with Gasteiger partial charge in [0.2, 0.25) is 0 Å². The van der Waals surface area contributed by atoms with Crippen molar-refractivity contribution in [2.45, 2.75) is 19.4 Å².